The lowest BCUT2D eigenvalue weighted by atomic mass is 10.00. The number of rotatable bonds is 3. The monoisotopic (exact) mass is 296 g/mol. The second-order valence-electron chi connectivity index (χ2n) is 3.97. The molecule has 1 heterocycles. The third-order valence-electron chi connectivity index (χ3n) is 2.58. The van der Waals surface area contributed by atoms with Gasteiger partial charge < -0.3 is 10.8 Å². The Bertz CT molecular complexity index is 645. The maximum absolute atomic E-state index is 10.9. The van der Waals surface area contributed by atoms with Crippen molar-refractivity contribution in [1.82, 2.24) is 4.98 Å². The predicted molar refractivity (Wildman–Crippen MR) is 75.4 cm³/mol. The van der Waals surface area contributed by atoms with Crippen LogP contribution in [0, 0.1) is 0 Å². The third kappa shape index (κ3) is 3.16. The highest BCUT2D eigenvalue weighted by atomic mass is 35.5. The number of aliphatic carboxylic acids is 1. The molecule has 0 bridgehead atoms. The highest BCUT2D eigenvalue weighted by molar-refractivity contribution is 6.42. The number of hydrogen-bond acceptors (Lipinski definition) is 3. The first-order chi connectivity index (χ1) is 8.97. The van der Waals surface area contributed by atoms with E-state index in [4.69, 9.17) is 34.0 Å². The molecule has 0 aliphatic heterocycles. The average Bonchev–Trinajstić information content (AvgIpc) is 2.32. The normalized spacial score (nSPS) is 10.4. The van der Waals surface area contributed by atoms with Gasteiger partial charge in [0.15, 0.2) is 0 Å². The lowest BCUT2D eigenvalue weighted by Gasteiger charge is -2.09. The summed E-state index contributed by atoms with van der Waals surface area (Å²) < 4.78 is 0. The Kier molecular flexibility index (Phi) is 3.93. The maximum Gasteiger partial charge on any atom is 0.307 e. The Balaban J connectivity index is 2.54. The molecular weight excluding hydrogens is 287 g/mol. The number of carboxylic acid groups (broad SMARTS) is 1. The van der Waals surface area contributed by atoms with E-state index >= 15 is 0 Å². The van der Waals surface area contributed by atoms with Crippen molar-refractivity contribution >= 4 is 35.0 Å². The van der Waals surface area contributed by atoms with E-state index in [0.717, 1.165) is 5.56 Å². The third-order valence-corrected chi connectivity index (χ3v) is 3.32. The number of carboxylic acids is 1. The average molecular weight is 297 g/mol. The summed E-state index contributed by atoms with van der Waals surface area (Å²) in [6.45, 7) is 0. The number of nitrogens with zero attached hydrogens (tertiary/aromatic N) is 1. The van der Waals surface area contributed by atoms with Crippen LogP contribution in [0.5, 0.6) is 0 Å². The molecule has 0 fully saturated rings. The van der Waals surface area contributed by atoms with Gasteiger partial charge in [-0.15, -0.1) is 0 Å². The van der Waals surface area contributed by atoms with Crippen LogP contribution < -0.4 is 5.73 Å². The summed E-state index contributed by atoms with van der Waals surface area (Å²) in [4.78, 5) is 14.9. The summed E-state index contributed by atoms with van der Waals surface area (Å²) in [5.74, 6) is -0.660. The minimum Gasteiger partial charge on any atom is -0.481 e. The lowest BCUT2D eigenvalue weighted by Crippen LogP contribution is -2.04. The van der Waals surface area contributed by atoms with Crippen LogP contribution in [-0.2, 0) is 11.2 Å². The quantitative estimate of drug-likeness (QED) is 0.911. The van der Waals surface area contributed by atoms with E-state index in [0.29, 0.717) is 21.2 Å². The highest BCUT2D eigenvalue weighted by Gasteiger charge is 2.11. The first-order valence-electron chi connectivity index (χ1n) is 5.39. The minimum absolute atomic E-state index is 0.137. The molecule has 19 heavy (non-hydrogen) atoms. The smallest absolute Gasteiger partial charge is 0.307 e. The summed E-state index contributed by atoms with van der Waals surface area (Å²) in [5, 5.41) is 9.76. The van der Waals surface area contributed by atoms with Gasteiger partial charge in [-0.1, -0.05) is 29.3 Å². The first kappa shape index (κ1) is 13.6. The van der Waals surface area contributed by atoms with Gasteiger partial charge in [-0.2, -0.15) is 0 Å². The summed E-state index contributed by atoms with van der Waals surface area (Å²) in [6, 6.07) is 6.63. The molecule has 0 saturated heterocycles. The Morgan fingerprint density at radius 2 is 2.00 bits per heavy atom. The Morgan fingerprint density at radius 3 is 2.63 bits per heavy atom. The van der Waals surface area contributed by atoms with Gasteiger partial charge in [-0.3, -0.25) is 4.79 Å². The minimum atomic E-state index is -0.938. The topological polar surface area (TPSA) is 76.2 Å². The van der Waals surface area contributed by atoms with Gasteiger partial charge in [-0.25, -0.2) is 4.98 Å². The summed E-state index contributed by atoms with van der Waals surface area (Å²) >= 11 is 11.8. The second kappa shape index (κ2) is 5.47. The van der Waals surface area contributed by atoms with Gasteiger partial charge in [0.1, 0.15) is 5.82 Å². The number of hydrogen-bond donors (Lipinski definition) is 2. The standard InChI is InChI=1S/C13H10Cl2N2O2/c14-10-2-1-7(3-11(10)15)9-6-17-12(16)4-8(9)5-13(18)19/h1-4,6H,5H2,(H2,16,17)(H,18,19). The molecule has 98 valence electrons. The van der Waals surface area contributed by atoms with Crippen LogP contribution in [0.2, 0.25) is 10.0 Å². The van der Waals surface area contributed by atoms with Crippen molar-refractivity contribution in [3.8, 4) is 11.1 Å². The molecule has 0 radical (unpaired) electrons. The van der Waals surface area contributed by atoms with E-state index in [1.165, 1.54) is 6.20 Å². The fourth-order valence-electron chi connectivity index (χ4n) is 1.75. The number of halogens is 2. The van der Waals surface area contributed by atoms with E-state index in [-0.39, 0.29) is 12.2 Å². The Morgan fingerprint density at radius 1 is 1.26 bits per heavy atom. The summed E-state index contributed by atoms with van der Waals surface area (Å²) in [7, 11) is 0. The molecule has 3 N–H and O–H groups in total. The molecule has 4 nitrogen and oxygen atoms in total. The molecule has 0 spiro atoms. The maximum atomic E-state index is 10.9. The number of nitrogen functional groups attached to an aromatic ring is 1. The molecule has 6 heteroatoms. The van der Waals surface area contributed by atoms with Gasteiger partial charge in [0, 0.05) is 11.8 Å². The van der Waals surface area contributed by atoms with E-state index in [2.05, 4.69) is 4.98 Å². The zero-order valence-corrected chi connectivity index (χ0v) is 11.2. The van der Waals surface area contributed by atoms with E-state index in [1.54, 1.807) is 24.3 Å². The van der Waals surface area contributed by atoms with Crippen molar-refractivity contribution in [2.45, 2.75) is 6.42 Å². The predicted octanol–water partition coefficient (Wildman–Crippen LogP) is 3.26. The van der Waals surface area contributed by atoms with Gasteiger partial charge in [0.2, 0.25) is 0 Å². The first-order valence-corrected chi connectivity index (χ1v) is 6.14. The van der Waals surface area contributed by atoms with E-state index in [1.807, 2.05) is 0 Å². The molecule has 1 aromatic heterocycles. The molecule has 2 rings (SSSR count). The molecular formula is C13H10Cl2N2O2. The number of benzene rings is 1. The summed E-state index contributed by atoms with van der Waals surface area (Å²) in [6.07, 6.45) is 1.40. The van der Waals surface area contributed by atoms with Gasteiger partial charge >= 0.3 is 5.97 Å². The van der Waals surface area contributed by atoms with Gasteiger partial charge in [-0.05, 0) is 29.3 Å². The van der Waals surface area contributed by atoms with Crippen LogP contribution in [0.1, 0.15) is 5.56 Å². The van der Waals surface area contributed by atoms with Crippen LogP contribution in [0.4, 0.5) is 5.82 Å². The van der Waals surface area contributed by atoms with Crippen LogP contribution in [0.25, 0.3) is 11.1 Å². The molecule has 1 aromatic carbocycles. The molecule has 0 aliphatic rings. The van der Waals surface area contributed by atoms with Crippen LogP contribution >= 0.6 is 23.2 Å². The van der Waals surface area contributed by atoms with Gasteiger partial charge in [0.05, 0.1) is 16.5 Å². The number of carbonyl (C=O) groups is 1. The molecule has 0 aliphatic carbocycles. The van der Waals surface area contributed by atoms with Crippen molar-refractivity contribution < 1.29 is 9.90 Å². The van der Waals surface area contributed by atoms with Crippen molar-refractivity contribution in [3.05, 3.63) is 46.1 Å². The Labute approximate surface area is 119 Å². The molecule has 0 atom stereocenters. The molecule has 0 unspecified atom stereocenters. The molecule has 0 amide bonds. The lowest BCUT2D eigenvalue weighted by molar-refractivity contribution is -0.136. The van der Waals surface area contributed by atoms with E-state index < -0.39 is 5.97 Å². The van der Waals surface area contributed by atoms with Crippen molar-refractivity contribution in [2.75, 3.05) is 5.73 Å². The van der Waals surface area contributed by atoms with Crippen molar-refractivity contribution in [1.29, 1.82) is 0 Å². The molecule has 2 aromatic rings. The number of nitrogens with two attached hydrogens (primary N) is 1. The van der Waals surface area contributed by atoms with Crippen molar-refractivity contribution in [3.63, 3.8) is 0 Å². The summed E-state index contributed by atoms with van der Waals surface area (Å²) in [5.41, 5.74) is 7.59. The SMILES string of the molecule is Nc1cc(CC(=O)O)c(-c2ccc(Cl)c(Cl)c2)cn1. The van der Waals surface area contributed by atoms with Gasteiger partial charge in [0.25, 0.3) is 0 Å². The fourth-order valence-corrected chi connectivity index (χ4v) is 2.05. The van der Waals surface area contributed by atoms with E-state index in [9.17, 15) is 4.79 Å². The number of anilines is 1. The van der Waals surface area contributed by atoms with Crippen molar-refractivity contribution in [2.24, 2.45) is 0 Å². The van der Waals surface area contributed by atoms with Crippen LogP contribution in [0.15, 0.2) is 30.5 Å². The molecule has 0 saturated carbocycles. The number of aromatic nitrogens is 1. The number of pyridine rings is 1. The van der Waals surface area contributed by atoms with Crippen LogP contribution in [-0.4, -0.2) is 16.1 Å². The zero-order chi connectivity index (χ0) is 14.0. The zero-order valence-electron chi connectivity index (χ0n) is 9.73. The largest absolute Gasteiger partial charge is 0.481 e. The highest BCUT2D eigenvalue weighted by Crippen LogP contribution is 2.30. The Hall–Kier alpha value is -1.78. The van der Waals surface area contributed by atoms with Crippen LogP contribution in [0.3, 0.4) is 0 Å². The fraction of sp³-hybridized carbons (Fsp3) is 0.0769. The second-order valence-corrected chi connectivity index (χ2v) is 4.78.